The van der Waals surface area contributed by atoms with Crippen LogP contribution in [-0.4, -0.2) is 48.0 Å². The van der Waals surface area contributed by atoms with E-state index in [9.17, 15) is 4.79 Å². The molecule has 7 nitrogen and oxygen atoms in total. The number of carbonyl (C=O) groups excluding carboxylic acids is 1. The minimum absolute atomic E-state index is 0.292. The first kappa shape index (κ1) is 18.2. The van der Waals surface area contributed by atoms with Gasteiger partial charge in [0.05, 0.1) is 13.2 Å². The maximum Gasteiger partial charge on any atom is 0.274 e. The van der Waals surface area contributed by atoms with Gasteiger partial charge in [-0.3, -0.25) is 4.79 Å². The van der Waals surface area contributed by atoms with Gasteiger partial charge in [0.25, 0.3) is 5.91 Å². The summed E-state index contributed by atoms with van der Waals surface area (Å²) >= 11 is 5.97. The van der Waals surface area contributed by atoms with Crippen LogP contribution in [0.3, 0.4) is 0 Å². The van der Waals surface area contributed by atoms with E-state index in [-0.39, 0.29) is 5.91 Å². The number of aromatic nitrogens is 2. The minimum Gasteiger partial charge on any atom is -0.356 e. The number of nitrogens with one attached hydrogen (secondary N) is 1. The first-order chi connectivity index (χ1) is 13.0. The number of halogens is 1. The van der Waals surface area contributed by atoms with E-state index in [0.717, 1.165) is 31.7 Å². The number of hydrogen-bond acceptors (Lipinski definition) is 6. The Morgan fingerprint density at radius 2 is 1.93 bits per heavy atom. The molecule has 2 aromatic rings. The summed E-state index contributed by atoms with van der Waals surface area (Å²) in [4.78, 5) is 23.5. The van der Waals surface area contributed by atoms with Crippen LogP contribution >= 0.6 is 11.6 Å². The van der Waals surface area contributed by atoms with Crippen LogP contribution in [0.25, 0.3) is 0 Å². The fraction of sp³-hybridized carbons (Fsp3) is 0.421. The average molecular weight is 389 g/mol. The number of rotatable bonds is 3. The third kappa shape index (κ3) is 4.05. The molecular formula is C19H21ClN4O3. The molecule has 27 heavy (non-hydrogen) atoms. The highest BCUT2D eigenvalue weighted by atomic mass is 35.5. The predicted molar refractivity (Wildman–Crippen MR) is 102 cm³/mol. The van der Waals surface area contributed by atoms with Crippen molar-refractivity contribution in [1.29, 1.82) is 0 Å². The summed E-state index contributed by atoms with van der Waals surface area (Å²) in [5.74, 6) is 0.565. The number of piperidine rings is 1. The number of amides is 1. The van der Waals surface area contributed by atoms with Crippen molar-refractivity contribution >= 4 is 29.0 Å². The topological polar surface area (TPSA) is 76.6 Å². The Morgan fingerprint density at radius 1 is 1.19 bits per heavy atom. The van der Waals surface area contributed by atoms with Gasteiger partial charge in [-0.15, -0.1) is 0 Å². The van der Waals surface area contributed by atoms with Gasteiger partial charge < -0.3 is 19.7 Å². The van der Waals surface area contributed by atoms with Gasteiger partial charge in [-0.25, -0.2) is 9.97 Å². The van der Waals surface area contributed by atoms with E-state index in [2.05, 4.69) is 20.2 Å². The normalized spacial score (nSPS) is 18.7. The van der Waals surface area contributed by atoms with Crippen molar-refractivity contribution in [1.82, 2.24) is 9.97 Å². The molecule has 0 radical (unpaired) electrons. The first-order valence-electron chi connectivity index (χ1n) is 8.99. The summed E-state index contributed by atoms with van der Waals surface area (Å²) < 4.78 is 11.5. The van der Waals surface area contributed by atoms with E-state index in [0.29, 0.717) is 35.4 Å². The summed E-state index contributed by atoms with van der Waals surface area (Å²) in [6.45, 7) is 4.60. The lowest BCUT2D eigenvalue weighted by Gasteiger charge is -2.38. The fourth-order valence-electron chi connectivity index (χ4n) is 3.45. The van der Waals surface area contributed by atoms with Crippen molar-refractivity contribution < 1.29 is 14.3 Å². The summed E-state index contributed by atoms with van der Waals surface area (Å²) in [7, 11) is 0. The lowest BCUT2D eigenvalue weighted by atomic mass is 10.0. The van der Waals surface area contributed by atoms with Gasteiger partial charge >= 0.3 is 0 Å². The molecule has 0 atom stereocenters. The van der Waals surface area contributed by atoms with Crippen molar-refractivity contribution in [2.75, 3.05) is 36.5 Å². The van der Waals surface area contributed by atoms with Crippen LogP contribution in [-0.2, 0) is 9.47 Å². The van der Waals surface area contributed by atoms with E-state index in [1.54, 1.807) is 37.3 Å². The predicted octanol–water partition coefficient (Wildman–Crippen LogP) is 3.03. The van der Waals surface area contributed by atoms with Crippen LogP contribution in [0.1, 0.15) is 29.2 Å². The number of nitrogens with zero attached hydrogens (tertiary/aromatic N) is 3. The second-order valence-corrected chi connectivity index (χ2v) is 7.15. The summed E-state index contributed by atoms with van der Waals surface area (Å²) in [5, 5.41) is 3.38. The monoisotopic (exact) mass is 388 g/mol. The van der Waals surface area contributed by atoms with Crippen LogP contribution in [0.4, 0.5) is 11.5 Å². The maximum absolute atomic E-state index is 12.6. The first-order valence-corrected chi connectivity index (χ1v) is 9.36. The number of ether oxygens (including phenoxy) is 2. The molecule has 1 amide bonds. The van der Waals surface area contributed by atoms with Gasteiger partial charge in [0.2, 0.25) is 0 Å². The standard InChI is InChI=1S/C19H21ClN4O3/c1-13-21-16(18(25)23-15-4-2-3-14(20)11-15)12-17(22-13)24-7-5-19(6-8-24)26-9-10-27-19/h2-4,11-12H,5-10H2,1H3,(H,23,25). The Kier molecular flexibility index (Phi) is 4.99. The molecule has 1 aromatic heterocycles. The van der Waals surface area contributed by atoms with Crippen LogP contribution in [0.15, 0.2) is 30.3 Å². The lowest BCUT2D eigenvalue weighted by Crippen LogP contribution is -2.45. The lowest BCUT2D eigenvalue weighted by molar-refractivity contribution is -0.169. The molecule has 1 spiro atoms. The molecule has 0 unspecified atom stereocenters. The number of aryl methyl sites for hydroxylation is 1. The number of anilines is 2. The van der Waals surface area contributed by atoms with E-state index in [1.807, 2.05) is 0 Å². The van der Waals surface area contributed by atoms with Crippen LogP contribution in [0.2, 0.25) is 5.02 Å². The van der Waals surface area contributed by atoms with Gasteiger partial charge in [0, 0.05) is 42.7 Å². The molecule has 1 N–H and O–H groups in total. The van der Waals surface area contributed by atoms with Gasteiger partial charge in [-0.05, 0) is 25.1 Å². The number of carbonyl (C=O) groups is 1. The second-order valence-electron chi connectivity index (χ2n) is 6.72. The average Bonchev–Trinajstić information content (AvgIpc) is 3.10. The Bertz CT molecular complexity index is 845. The zero-order valence-electron chi connectivity index (χ0n) is 15.1. The Morgan fingerprint density at radius 3 is 2.63 bits per heavy atom. The SMILES string of the molecule is Cc1nc(C(=O)Nc2cccc(Cl)c2)cc(N2CCC3(CC2)OCCO3)n1. The van der Waals surface area contributed by atoms with Crippen molar-refractivity contribution in [2.45, 2.75) is 25.6 Å². The molecule has 0 bridgehead atoms. The van der Waals surface area contributed by atoms with Crippen molar-refractivity contribution in [2.24, 2.45) is 0 Å². The summed E-state index contributed by atoms with van der Waals surface area (Å²) in [6.07, 6.45) is 1.56. The Labute approximate surface area is 162 Å². The Balaban J connectivity index is 1.49. The smallest absolute Gasteiger partial charge is 0.274 e. The van der Waals surface area contributed by atoms with Crippen molar-refractivity contribution in [3.05, 3.63) is 46.9 Å². The van der Waals surface area contributed by atoms with Crippen molar-refractivity contribution in [3.8, 4) is 0 Å². The fourth-order valence-corrected chi connectivity index (χ4v) is 3.64. The molecule has 8 heteroatoms. The highest BCUT2D eigenvalue weighted by Gasteiger charge is 2.40. The maximum atomic E-state index is 12.6. The van der Waals surface area contributed by atoms with Gasteiger partial charge in [0.15, 0.2) is 5.79 Å². The molecule has 2 aliphatic heterocycles. The Hall–Kier alpha value is -2.22. The molecule has 3 heterocycles. The minimum atomic E-state index is -0.439. The van der Waals surface area contributed by atoms with Gasteiger partial charge in [-0.2, -0.15) is 0 Å². The molecule has 0 aliphatic carbocycles. The number of benzene rings is 1. The van der Waals surface area contributed by atoms with E-state index >= 15 is 0 Å². The largest absolute Gasteiger partial charge is 0.356 e. The highest BCUT2D eigenvalue weighted by molar-refractivity contribution is 6.30. The molecule has 2 fully saturated rings. The van der Waals surface area contributed by atoms with E-state index in [1.165, 1.54) is 0 Å². The molecule has 1 aromatic carbocycles. The number of hydrogen-bond donors (Lipinski definition) is 1. The second kappa shape index (κ2) is 7.42. The molecule has 4 rings (SSSR count). The highest BCUT2D eigenvalue weighted by Crippen LogP contribution is 2.32. The molecule has 142 valence electrons. The van der Waals surface area contributed by atoms with Crippen LogP contribution in [0, 0.1) is 6.92 Å². The van der Waals surface area contributed by atoms with Gasteiger partial charge in [0.1, 0.15) is 17.3 Å². The zero-order valence-corrected chi connectivity index (χ0v) is 15.8. The quantitative estimate of drug-likeness (QED) is 0.870. The van der Waals surface area contributed by atoms with Crippen molar-refractivity contribution in [3.63, 3.8) is 0 Å². The van der Waals surface area contributed by atoms with E-state index < -0.39 is 5.79 Å². The van der Waals surface area contributed by atoms with Crippen LogP contribution in [0.5, 0.6) is 0 Å². The third-order valence-electron chi connectivity index (χ3n) is 4.80. The van der Waals surface area contributed by atoms with Crippen LogP contribution < -0.4 is 10.2 Å². The van der Waals surface area contributed by atoms with E-state index in [4.69, 9.17) is 21.1 Å². The zero-order chi connectivity index (χ0) is 18.9. The molecule has 0 saturated carbocycles. The summed E-state index contributed by atoms with van der Waals surface area (Å²) in [5.41, 5.74) is 0.951. The molecule has 2 aliphatic rings. The third-order valence-corrected chi connectivity index (χ3v) is 5.04. The van der Waals surface area contributed by atoms with Gasteiger partial charge in [-0.1, -0.05) is 17.7 Å². The molecular weight excluding hydrogens is 368 g/mol. The summed E-state index contributed by atoms with van der Waals surface area (Å²) in [6, 6.07) is 8.74. The molecule has 2 saturated heterocycles.